The Kier molecular flexibility index (Phi) is 7.84. The molecule has 2 N–H and O–H groups in total. The van der Waals surface area contributed by atoms with Gasteiger partial charge in [0.2, 0.25) is 0 Å². The van der Waals surface area contributed by atoms with Crippen molar-refractivity contribution in [3.63, 3.8) is 0 Å². The van der Waals surface area contributed by atoms with Gasteiger partial charge in [-0.3, -0.25) is 9.59 Å². The molecule has 10 heteroatoms. The summed E-state index contributed by atoms with van der Waals surface area (Å²) >= 11 is 13.3. The van der Waals surface area contributed by atoms with Crippen molar-refractivity contribution in [1.29, 1.82) is 5.26 Å². The van der Waals surface area contributed by atoms with E-state index in [-0.39, 0.29) is 11.5 Å². The van der Waals surface area contributed by atoms with Gasteiger partial charge in [-0.05, 0) is 60.2 Å². The standard InChI is InChI=1S/C29H19Cl2N5O2S/c30-24-11-8-20(15-25(24)31)27(37)33-21-5-3-4-18(14-21)17-39-29-34-26(23(16-32)28(38)35-29)19-6-9-22(10-7-19)36-12-1-2-13-36/h1-15H,17H2,(H,33,37)(H,34,35,38). The molecule has 5 aromatic rings. The zero-order chi connectivity index (χ0) is 27.4. The molecule has 0 unspecified atom stereocenters. The first-order valence-corrected chi connectivity index (χ1v) is 13.4. The van der Waals surface area contributed by atoms with Crippen molar-refractivity contribution in [2.45, 2.75) is 10.9 Å². The van der Waals surface area contributed by atoms with Gasteiger partial charge in [0, 0.05) is 40.6 Å². The molecular weight excluding hydrogens is 553 g/mol. The van der Waals surface area contributed by atoms with Crippen molar-refractivity contribution in [1.82, 2.24) is 14.5 Å². The smallest absolute Gasteiger partial charge is 0.270 e. The monoisotopic (exact) mass is 571 g/mol. The lowest BCUT2D eigenvalue weighted by Crippen LogP contribution is -2.14. The second-order valence-corrected chi connectivity index (χ2v) is 10.2. The van der Waals surface area contributed by atoms with E-state index in [4.69, 9.17) is 23.2 Å². The second kappa shape index (κ2) is 11.6. The number of rotatable bonds is 7. The highest BCUT2D eigenvalue weighted by atomic mass is 35.5. The number of hydrogen-bond acceptors (Lipinski definition) is 5. The molecule has 0 fully saturated rings. The predicted molar refractivity (Wildman–Crippen MR) is 155 cm³/mol. The van der Waals surface area contributed by atoms with Crippen LogP contribution in [0.2, 0.25) is 10.0 Å². The van der Waals surface area contributed by atoms with E-state index in [9.17, 15) is 14.9 Å². The number of halogens is 2. The Bertz CT molecular complexity index is 1760. The van der Waals surface area contributed by atoms with Crippen LogP contribution in [0.15, 0.2) is 101 Å². The minimum Gasteiger partial charge on any atom is -0.324 e. The van der Waals surface area contributed by atoms with E-state index in [1.165, 1.54) is 17.8 Å². The maximum Gasteiger partial charge on any atom is 0.270 e. The summed E-state index contributed by atoms with van der Waals surface area (Å²) in [4.78, 5) is 32.6. The number of aromatic nitrogens is 3. The normalized spacial score (nSPS) is 10.7. The summed E-state index contributed by atoms with van der Waals surface area (Å²) in [6.45, 7) is 0. The molecule has 0 radical (unpaired) electrons. The molecule has 0 aliphatic carbocycles. The van der Waals surface area contributed by atoms with E-state index >= 15 is 0 Å². The number of nitrogens with one attached hydrogen (secondary N) is 2. The van der Waals surface area contributed by atoms with Crippen LogP contribution < -0.4 is 10.9 Å². The van der Waals surface area contributed by atoms with Gasteiger partial charge in [-0.15, -0.1) is 0 Å². The average molecular weight is 572 g/mol. The Labute approximate surface area is 238 Å². The number of amides is 1. The molecule has 3 aromatic carbocycles. The third kappa shape index (κ3) is 6.07. The summed E-state index contributed by atoms with van der Waals surface area (Å²) in [7, 11) is 0. The first-order valence-electron chi connectivity index (χ1n) is 11.7. The van der Waals surface area contributed by atoms with Gasteiger partial charge in [-0.2, -0.15) is 5.26 Å². The molecule has 192 valence electrons. The molecule has 1 amide bonds. The lowest BCUT2D eigenvalue weighted by Gasteiger charge is -2.10. The number of H-pyrrole nitrogens is 1. The highest BCUT2D eigenvalue weighted by Crippen LogP contribution is 2.27. The number of nitrogens with zero attached hydrogens (tertiary/aromatic N) is 3. The summed E-state index contributed by atoms with van der Waals surface area (Å²) in [5.41, 5.74) is 3.30. The number of nitriles is 1. The maximum atomic E-state index is 12.7. The van der Waals surface area contributed by atoms with E-state index < -0.39 is 5.56 Å². The fourth-order valence-corrected chi connectivity index (χ4v) is 4.96. The number of thioether (sulfide) groups is 1. The van der Waals surface area contributed by atoms with Crippen LogP contribution in [-0.2, 0) is 5.75 Å². The third-order valence-electron chi connectivity index (χ3n) is 5.80. The van der Waals surface area contributed by atoms with Crippen LogP contribution in [0, 0.1) is 11.3 Å². The van der Waals surface area contributed by atoms with Gasteiger partial charge in [0.25, 0.3) is 11.5 Å². The highest BCUT2D eigenvalue weighted by molar-refractivity contribution is 7.98. The number of aromatic amines is 1. The molecule has 7 nitrogen and oxygen atoms in total. The van der Waals surface area contributed by atoms with Crippen LogP contribution in [0.5, 0.6) is 0 Å². The zero-order valence-corrected chi connectivity index (χ0v) is 22.5. The minimum absolute atomic E-state index is 0.0416. The van der Waals surface area contributed by atoms with Crippen molar-refractivity contribution >= 4 is 46.6 Å². The van der Waals surface area contributed by atoms with Crippen LogP contribution in [0.25, 0.3) is 16.9 Å². The van der Waals surface area contributed by atoms with E-state index in [0.29, 0.717) is 43.5 Å². The summed E-state index contributed by atoms with van der Waals surface area (Å²) in [6.07, 6.45) is 3.87. The summed E-state index contributed by atoms with van der Waals surface area (Å²) in [5, 5.41) is 13.5. The van der Waals surface area contributed by atoms with Crippen molar-refractivity contribution in [2.24, 2.45) is 0 Å². The number of hydrogen-bond donors (Lipinski definition) is 2. The minimum atomic E-state index is -0.498. The fourth-order valence-electron chi connectivity index (χ4n) is 3.86. The largest absolute Gasteiger partial charge is 0.324 e. The van der Waals surface area contributed by atoms with Gasteiger partial charge >= 0.3 is 0 Å². The van der Waals surface area contributed by atoms with Crippen molar-refractivity contribution in [3.05, 3.63) is 128 Å². The van der Waals surface area contributed by atoms with E-state index in [1.54, 1.807) is 18.2 Å². The van der Waals surface area contributed by atoms with Gasteiger partial charge in [0.15, 0.2) is 5.16 Å². The summed E-state index contributed by atoms with van der Waals surface area (Å²) < 4.78 is 1.96. The Morgan fingerprint density at radius 1 is 1.00 bits per heavy atom. The van der Waals surface area contributed by atoms with E-state index in [2.05, 4.69) is 15.3 Å². The van der Waals surface area contributed by atoms with Gasteiger partial charge in [0.1, 0.15) is 11.6 Å². The molecule has 0 atom stereocenters. The Morgan fingerprint density at radius 3 is 2.49 bits per heavy atom. The van der Waals surface area contributed by atoms with Gasteiger partial charge in [-0.1, -0.05) is 59.2 Å². The van der Waals surface area contributed by atoms with Crippen LogP contribution in [-0.4, -0.2) is 20.4 Å². The third-order valence-corrected chi connectivity index (χ3v) is 7.48. The number of carbonyl (C=O) groups excluding carboxylic acids is 1. The molecular formula is C29H19Cl2N5O2S. The molecule has 0 saturated carbocycles. The zero-order valence-electron chi connectivity index (χ0n) is 20.2. The number of benzene rings is 3. The Hall–Kier alpha value is -4.29. The molecule has 0 aliphatic heterocycles. The van der Waals surface area contributed by atoms with E-state index in [1.807, 2.05) is 77.6 Å². The Balaban J connectivity index is 1.33. The Morgan fingerprint density at radius 2 is 1.77 bits per heavy atom. The fraction of sp³-hybridized carbons (Fsp3) is 0.0345. The SMILES string of the molecule is N#Cc1c(-c2ccc(-n3cccc3)cc2)nc(SCc2cccc(NC(=O)c3ccc(Cl)c(Cl)c3)c2)[nH]c1=O. The van der Waals surface area contributed by atoms with Crippen molar-refractivity contribution in [2.75, 3.05) is 5.32 Å². The molecule has 2 aromatic heterocycles. The van der Waals surface area contributed by atoms with Crippen LogP contribution >= 0.6 is 35.0 Å². The van der Waals surface area contributed by atoms with Gasteiger partial charge < -0.3 is 14.9 Å². The van der Waals surface area contributed by atoms with Crippen LogP contribution in [0.3, 0.4) is 0 Å². The van der Waals surface area contributed by atoms with Crippen LogP contribution in [0.4, 0.5) is 5.69 Å². The molecule has 0 saturated heterocycles. The van der Waals surface area contributed by atoms with Crippen LogP contribution in [0.1, 0.15) is 21.5 Å². The second-order valence-electron chi connectivity index (χ2n) is 8.42. The first kappa shape index (κ1) is 26.3. The first-order chi connectivity index (χ1) is 18.9. The maximum absolute atomic E-state index is 12.7. The topological polar surface area (TPSA) is 104 Å². The predicted octanol–water partition coefficient (Wildman–Crippen LogP) is 6.95. The highest BCUT2D eigenvalue weighted by Gasteiger charge is 2.15. The quantitative estimate of drug-likeness (QED) is 0.162. The molecule has 2 heterocycles. The molecule has 0 aliphatic rings. The summed E-state index contributed by atoms with van der Waals surface area (Å²) in [5.74, 6) is 0.154. The molecule has 0 spiro atoms. The van der Waals surface area contributed by atoms with Gasteiger partial charge in [-0.25, -0.2) is 4.98 Å². The van der Waals surface area contributed by atoms with Crippen molar-refractivity contribution < 1.29 is 4.79 Å². The average Bonchev–Trinajstić information content (AvgIpc) is 3.49. The number of anilines is 1. The molecule has 5 rings (SSSR count). The van der Waals surface area contributed by atoms with E-state index in [0.717, 1.165) is 11.3 Å². The summed E-state index contributed by atoms with van der Waals surface area (Å²) in [6, 6.07) is 25.4. The molecule has 0 bridgehead atoms. The lowest BCUT2D eigenvalue weighted by molar-refractivity contribution is 0.102. The van der Waals surface area contributed by atoms with Crippen molar-refractivity contribution in [3.8, 4) is 23.0 Å². The lowest BCUT2D eigenvalue weighted by atomic mass is 10.1. The number of carbonyl (C=O) groups is 1. The van der Waals surface area contributed by atoms with Gasteiger partial charge in [0.05, 0.1) is 15.7 Å². The molecule has 39 heavy (non-hydrogen) atoms.